The highest BCUT2D eigenvalue weighted by Crippen LogP contribution is 2.28. The van der Waals surface area contributed by atoms with Crippen molar-refractivity contribution in [2.75, 3.05) is 33.2 Å². The van der Waals surface area contributed by atoms with Crippen LogP contribution in [0.3, 0.4) is 0 Å². The van der Waals surface area contributed by atoms with Gasteiger partial charge >= 0.3 is 0 Å². The van der Waals surface area contributed by atoms with E-state index in [4.69, 9.17) is 0 Å². The first-order valence-electron chi connectivity index (χ1n) is 9.51. The maximum absolute atomic E-state index is 12.8. The third-order valence-corrected chi connectivity index (χ3v) is 5.62. The van der Waals surface area contributed by atoms with Crippen LogP contribution in [0.1, 0.15) is 0 Å². The number of carbonyl (C=O) groups is 1. The first kappa shape index (κ1) is 17.0. The summed E-state index contributed by atoms with van der Waals surface area (Å²) in [5, 5.41) is 6.38. The summed E-state index contributed by atoms with van der Waals surface area (Å²) in [6.07, 6.45) is 5.62. The normalized spacial score (nSPS) is 15.7. The molecule has 0 unspecified atom stereocenters. The SMILES string of the molecule is CN1CCN(C(=O)Cn2cccc2-c2cc3c(ncc4cnn(C)c43)[nH]2)CC1. The van der Waals surface area contributed by atoms with Crippen molar-refractivity contribution in [1.29, 1.82) is 0 Å². The molecule has 4 aromatic rings. The number of piperazine rings is 1. The number of aryl methyl sites for hydroxylation is 1. The quantitative estimate of drug-likeness (QED) is 0.590. The molecule has 0 spiro atoms. The predicted octanol–water partition coefficient (Wildman–Crippen LogP) is 1.69. The Balaban J connectivity index is 1.46. The highest BCUT2D eigenvalue weighted by molar-refractivity contribution is 6.04. The average molecular weight is 377 g/mol. The van der Waals surface area contributed by atoms with Gasteiger partial charge in [-0.15, -0.1) is 0 Å². The summed E-state index contributed by atoms with van der Waals surface area (Å²) in [4.78, 5) is 24.9. The molecule has 5 heterocycles. The van der Waals surface area contributed by atoms with Crippen LogP contribution in [-0.2, 0) is 18.4 Å². The van der Waals surface area contributed by atoms with Gasteiger partial charge in [0.25, 0.3) is 0 Å². The molecule has 8 nitrogen and oxygen atoms in total. The number of aromatic amines is 1. The van der Waals surface area contributed by atoms with Gasteiger partial charge in [-0.05, 0) is 25.2 Å². The first-order valence-corrected chi connectivity index (χ1v) is 9.51. The van der Waals surface area contributed by atoms with Gasteiger partial charge in [-0.2, -0.15) is 5.10 Å². The number of pyridine rings is 1. The van der Waals surface area contributed by atoms with Gasteiger partial charge in [-0.3, -0.25) is 9.48 Å². The molecule has 4 aromatic heterocycles. The summed E-state index contributed by atoms with van der Waals surface area (Å²) in [5.41, 5.74) is 3.81. The molecule has 0 aliphatic carbocycles. The molecule has 0 radical (unpaired) electrons. The summed E-state index contributed by atoms with van der Waals surface area (Å²) in [6, 6.07) is 6.10. The van der Waals surface area contributed by atoms with Gasteiger partial charge in [-0.1, -0.05) is 0 Å². The van der Waals surface area contributed by atoms with E-state index in [1.165, 1.54) is 0 Å². The van der Waals surface area contributed by atoms with Gasteiger partial charge in [0, 0.05) is 56.4 Å². The Labute approximate surface area is 162 Å². The first-order chi connectivity index (χ1) is 13.6. The van der Waals surface area contributed by atoms with Gasteiger partial charge < -0.3 is 19.4 Å². The molecule has 1 N–H and O–H groups in total. The molecule has 144 valence electrons. The number of nitrogens with one attached hydrogen (secondary N) is 1. The molecule has 0 aromatic carbocycles. The predicted molar refractivity (Wildman–Crippen MR) is 108 cm³/mol. The molecular formula is C20H23N7O. The molecule has 0 atom stereocenters. The van der Waals surface area contributed by atoms with Crippen LogP contribution in [0.2, 0.25) is 0 Å². The fraction of sp³-hybridized carbons (Fsp3) is 0.350. The summed E-state index contributed by atoms with van der Waals surface area (Å²) in [7, 11) is 4.03. The minimum absolute atomic E-state index is 0.161. The van der Waals surface area contributed by atoms with E-state index in [1.54, 1.807) is 0 Å². The standard InChI is InChI=1S/C20H23N7O/c1-24-6-8-26(9-7-24)18(28)13-27-5-3-4-17(27)16-10-15-19-14(12-22-25(19)2)11-21-20(15)23-16/h3-5,10-12H,6-9,13H2,1-2H3,(H,21,23). The fourth-order valence-electron chi connectivity index (χ4n) is 3.97. The summed E-state index contributed by atoms with van der Waals surface area (Å²) in [5.74, 6) is 0.161. The van der Waals surface area contributed by atoms with E-state index in [0.29, 0.717) is 6.54 Å². The molecule has 28 heavy (non-hydrogen) atoms. The van der Waals surface area contributed by atoms with E-state index in [0.717, 1.165) is 59.5 Å². The van der Waals surface area contributed by atoms with Crippen molar-refractivity contribution in [2.24, 2.45) is 7.05 Å². The summed E-state index contributed by atoms with van der Waals surface area (Å²) in [6.45, 7) is 3.79. The monoisotopic (exact) mass is 377 g/mol. The minimum atomic E-state index is 0.161. The topological polar surface area (TPSA) is 75.0 Å². The lowest BCUT2D eigenvalue weighted by Crippen LogP contribution is -2.48. The molecule has 1 fully saturated rings. The van der Waals surface area contributed by atoms with Crippen molar-refractivity contribution < 1.29 is 4.79 Å². The maximum Gasteiger partial charge on any atom is 0.242 e. The number of nitrogens with zero attached hydrogens (tertiary/aromatic N) is 6. The molecule has 1 aliphatic rings. The largest absolute Gasteiger partial charge is 0.339 e. The summed E-state index contributed by atoms with van der Waals surface area (Å²) >= 11 is 0. The molecule has 1 saturated heterocycles. The van der Waals surface area contributed by atoms with Gasteiger partial charge in [0.15, 0.2) is 0 Å². The van der Waals surface area contributed by atoms with Crippen LogP contribution in [0.25, 0.3) is 33.3 Å². The summed E-state index contributed by atoms with van der Waals surface area (Å²) < 4.78 is 3.87. The van der Waals surface area contributed by atoms with Crippen molar-refractivity contribution in [2.45, 2.75) is 6.54 Å². The zero-order chi connectivity index (χ0) is 19.3. The Morgan fingerprint density at radius 2 is 2.00 bits per heavy atom. The van der Waals surface area contributed by atoms with Crippen molar-refractivity contribution >= 4 is 27.8 Å². The second kappa shape index (κ2) is 6.49. The van der Waals surface area contributed by atoms with Crippen molar-refractivity contribution in [3.63, 3.8) is 0 Å². The van der Waals surface area contributed by atoms with E-state index < -0.39 is 0 Å². The Morgan fingerprint density at radius 3 is 2.82 bits per heavy atom. The second-order valence-corrected chi connectivity index (χ2v) is 7.48. The van der Waals surface area contributed by atoms with Crippen molar-refractivity contribution in [3.8, 4) is 11.4 Å². The van der Waals surface area contributed by atoms with E-state index in [1.807, 2.05) is 51.9 Å². The fourth-order valence-corrected chi connectivity index (χ4v) is 3.97. The highest BCUT2D eigenvalue weighted by Gasteiger charge is 2.20. The molecule has 0 bridgehead atoms. The van der Waals surface area contributed by atoms with Gasteiger partial charge in [0.2, 0.25) is 5.91 Å². The van der Waals surface area contributed by atoms with E-state index in [2.05, 4.69) is 33.1 Å². The molecule has 8 heteroatoms. The number of amides is 1. The molecule has 5 rings (SSSR count). The Kier molecular flexibility index (Phi) is 3.94. The second-order valence-electron chi connectivity index (χ2n) is 7.48. The van der Waals surface area contributed by atoms with Crippen LogP contribution < -0.4 is 0 Å². The van der Waals surface area contributed by atoms with Crippen LogP contribution in [0.5, 0.6) is 0 Å². The zero-order valence-electron chi connectivity index (χ0n) is 16.1. The number of hydrogen-bond donors (Lipinski definition) is 1. The van der Waals surface area contributed by atoms with Crippen molar-refractivity contribution in [1.82, 2.24) is 34.1 Å². The molecule has 1 aliphatic heterocycles. The van der Waals surface area contributed by atoms with Crippen LogP contribution in [0.15, 0.2) is 36.8 Å². The lowest BCUT2D eigenvalue weighted by atomic mass is 10.2. The molecular weight excluding hydrogens is 354 g/mol. The maximum atomic E-state index is 12.8. The van der Waals surface area contributed by atoms with E-state index in [-0.39, 0.29) is 5.91 Å². The van der Waals surface area contributed by atoms with Gasteiger partial charge in [0.1, 0.15) is 12.2 Å². The number of hydrogen-bond acceptors (Lipinski definition) is 4. The number of fused-ring (bicyclic) bond motifs is 3. The Bertz CT molecular complexity index is 1160. The third-order valence-electron chi connectivity index (χ3n) is 5.62. The van der Waals surface area contributed by atoms with Crippen LogP contribution in [-0.4, -0.2) is 73.2 Å². The van der Waals surface area contributed by atoms with Gasteiger partial charge in [0.05, 0.1) is 23.1 Å². The lowest BCUT2D eigenvalue weighted by molar-refractivity contribution is -0.133. The van der Waals surface area contributed by atoms with Gasteiger partial charge in [-0.25, -0.2) is 4.98 Å². The van der Waals surface area contributed by atoms with Crippen LogP contribution in [0, 0.1) is 0 Å². The number of likely N-dealkylation sites (N-methyl/N-ethyl adjacent to an activating group) is 1. The van der Waals surface area contributed by atoms with E-state index >= 15 is 0 Å². The molecule has 0 saturated carbocycles. The number of carbonyl (C=O) groups excluding carboxylic acids is 1. The highest BCUT2D eigenvalue weighted by atomic mass is 16.2. The number of aromatic nitrogens is 5. The zero-order valence-corrected chi connectivity index (χ0v) is 16.1. The third kappa shape index (κ3) is 2.77. The molecule has 1 amide bonds. The van der Waals surface area contributed by atoms with Crippen LogP contribution >= 0.6 is 0 Å². The van der Waals surface area contributed by atoms with Crippen LogP contribution in [0.4, 0.5) is 0 Å². The average Bonchev–Trinajstić information content (AvgIpc) is 3.40. The Hall–Kier alpha value is -3.13. The number of rotatable bonds is 3. The van der Waals surface area contributed by atoms with E-state index in [9.17, 15) is 4.79 Å². The van der Waals surface area contributed by atoms with Crippen molar-refractivity contribution in [3.05, 3.63) is 36.8 Å². The minimum Gasteiger partial charge on any atom is -0.339 e. The number of H-pyrrole nitrogens is 1. The smallest absolute Gasteiger partial charge is 0.242 e. The lowest BCUT2D eigenvalue weighted by Gasteiger charge is -2.32. The Morgan fingerprint density at radius 1 is 1.18 bits per heavy atom.